The molecule has 0 saturated heterocycles. The normalized spacial score (nSPS) is 12.8. The van der Waals surface area contributed by atoms with Crippen molar-refractivity contribution in [1.29, 1.82) is 0 Å². The second kappa shape index (κ2) is 10.6. The highest BCUT2D eigenvalue weighted by molar-refractivity contribution is 9.10. The summed E-state index contributed by atoms with van der Waals surface area (Å²) in [6, 6.07) is 10.4. The van der Waals surface area contributed by atoms with Crippen LogP contribution in [0.3, 0.4) is 0 Å². The molecule has 2 aromatic rings. The molecule has 0 atom stereocenters. The van der Waals surface area contributed by atoms with E-state index in [2.05, 4.69) is 15.9 Å². The summed E-state index contributed by atoms with van der Waals surface area (Å²) in [6.45, 7) is 2.91. The van der Waals surface area contributed by atoms with E-state index < -0.39 is 28.7 Å². The number of ether oxygens (including phenoxy) is 1. The minimum absolute atomic E-state index is 0.0516. The number of hydrogen-bond acceptors (Lipinski definition) is 6. The van der Waals surface area contributed by atoms with Gasteiger partial charge in [0.05, 0.1) is 31.3 Å². The zero-order chi connectivity index (χ0) is 23.3. The van der Waals surface area contributed by atoms with Gasteiger partial charge in [0.2, 0.25) is 0 Å². The number of halogens is 3. The van der Waals surface area contributed by atoms with Crippen molar-refractivity contribution in [2.75, 3.05) is 19.5 Å². The van der Waals surface area contributed by atoms with E-state index in [1.807, 2.05) is 0 Å². The smallest absolute Gasteiger partial charge is 0.372 e. The molecule has 0 aliphatic carbocycles. The molecule has 0 aromatic heterocycles. The topological polar surface area (TPSA) is 78.9 Å². The maximum absolute atomic E-state index is 14.9. The monoisotopic (exact) mass is 540 g/mol. The summed E-state index contributed by atoms with van der Waals surface area (Å²) < 4.78 is 80.8. The lowest BCUT2D eigenvalue weighted by Crippen LogP contribution is -2.19. The van der Waals surface area contributed by atoms with Gasteiger partial charge in [0, 0.05) is 16.3 Å². The molecule has 0 heterocycles. The van der Waals surface area contributed by atoms with Crippen LogP contribution < -0.4 is 0 Å². The van der Waals surface area contributed by atoms with E-state index in [-0.39, 0.29) is 35.8 Å². The van der Waals surface area contributed by atoms with E-state index >= 15 is 0 Å². The third-order valence-corrected chi connectivity index (χ3v) is 8.10. The zero-order valence-electron chi connectivity index (χ0n) is 17.3. The van der Waals surface area contributed by atoms with Crippen LogP contribution in [0.25, 0.3) is 0 Å². The van der Waals surface area contributed by atoms with E-state index in [1.54, 1.807) is 12.1 Å². The highest BCUT2D eigenvalue weighted by Crippen LogP contribution is 2.67. The molecule has 2 aromatic carbocycles. The summed E-state index contributed by atoms with van der Waals surface area (Å²) in [6.07, 6.45) is 1.13. The number of hydrogen-bond donors (Lipinski definition) is 0. The van der Waals surface area contributed by atoms with Gasteiger partial charge in [-0.05, 0) is 43.2 Å². The van der Waals surface area contributed by atoms with Gasteiger partial charge in [-0.2, -0.15) is 8.78 Å². The Hall–Kier alpha value is -1.16. The van der Waals surface area contributed by atoms with Crippen molar-refractivity contribution in [3.8, 4) is 0 Å². The second-order valence-electron chi connectivity index (χ2n) is 6.60. The third-order valence-electron chi connectivity index (χ3n) is 4.19. The van der Waals surface area contributed by atoms with E-state index in [0.29, 0.717) is 5.56 Å². The summed E-state index contributed by atoms with van der Waals surface area (Å²) >= 11 is 3.12. The maximum atomic E-state index is 14.9. The zero-order valence-corrected chi connectivity index (χ0v) is 20.6. The summed E-state index contributed by atoms with van der Waals surface area (Å²) in [5, 5.41) is 0. The SMILES string of the molecule is CCOP(=O)(OCC)C(F)(F)c1ccc(COCc2ccc(S(C)(=O)=O)cc2)cc1Br. The van der Waals surface area contributed by atoms with Gasteiger partial charge in [-0.15, -0.1) is 0 Å². The minimum atomic E-state index is -4.70. The van der Waals surface area contributed by atoms with Crippen LogP contribution in [0.15, 0.2) is 51.8 Å². The average molecular weight is 541 g/mol. The Bertz CT molecular complexity index is 1030. The summed E-state index contributed by atoms with van der Waals surface area (Å²) in [7, 11) is -7.97. The van der Waals surface area contributed by atoms with Gasteiger partial charge < -0.3 is 13.8 Å². The lowest BCUT2D eigenvalue weighted by molar-refractivity contribution is 0.0354. The molecule has 31 heavy (non-hydrogen) atoms. The van der Waals surface area contributed by atoms with Gasteiger partial charge in [-0.1, -0.05) is 40.2 Å². The van der Waals surface area contributed by atoms with Crippen molar-refractivity contribution in [3.63, 3.8) is 0 Å². The fourth-order valence-electron chi connectivity index (χ4n) is 2.70. The molecule has 0 radical (unpaired) electrons. The van der Waals surface area contributed by atoms with Crippen molar-refractivity contribution < 1.29 is 35.5 Å². The van der Waals surface area contributed by atoms with Gasteiger partial charge in [0.25, 0.3) is 0 Å². The molecule has 0 aliphatic rings. The van der Waals surface area contributed by atoms with Crippen molar-refractivity contribution >= 4 is 33.4 Å². The number of alkyl halides is 2. The van der Waals surface area contributed by atoms with E-state index in [4.69, 9.17) is 13.8 Å². The minimum Gasteiger partial charge on any atom is -0.372 e. The molecule has 0 fully saturated rings. The van der Waals surface area contributed by atoms with Crippen LogP contribution in [0.1, 0.15) is 30.5 Å². The second-order valence-corrected chi connectivity index (χ2v) is 11.5. The molecule has 0 aliphatic heterocycles. The Kier molecular flexibility index (Phi) is 8.95. The molecule has 0 amide bonds. The van der Waals surface area contributed by atoms with Gasteiger partial charge >= 0.3 is 13.3 Å². The van der Waals surface area contributed by atoms with Gasteiger partial charge in [-0.3, -0.25) is 4.57 Å². The molecule has 0 unspecified atom stereocenters. The van der Waals surface area contributed by atoms with Crippen LogP contribution in [0, 0.1) is 0 Å². The molecule has 0 saturated carbocycles. The third kappa shape index (κ3) is 6.43. The summed E-state index contributed by atoms with van der Waals surface area (Å²) in [5.41, 5.74) is -2.96. The van der Waals surface area contributed by atoms with Crippen molar-refractivity contribution in [3.05, 3.63) is 63.6 Å². The first-order chi connectivity index (χ1) is 14.4. The molecule has 6 nitrogen and oxygen atoms in total. The molecule has 0 bridgehead atoms. The van der Waals surface area contributed by atoms with Crippen LogP contribution >= 0.6 is 23.5 Å². The van der Waals surface area contributed by atoms with Crippen LogP contribution in [0.5, 0.6) is 0 Å². The number of rotatable bonds is 11. The average Bonchev–Trinajstić information content (AvgIpc) is 2.68. The molecule has 172 valence electrons. The maximum Gasteiger partial charge on any atom is 0.404 e. The van der Waals surface area contributed by atoms with Gasteiger partial charge in [-0.25, -0.2) is 8.42 Å². The first kappa shape index (κ1) is 26.1. The predicted octanol–water partition coefficient (Wildman–Crippen LogP) is 5.88. The largest absolute Gasteiger partial charge is 0.404 e. The number of benzene rings is 2. The van der Waals surface area contributed by atoms with Crippen molar-refractivity contribution in [2.24, 2.45) is 0 Å². The number of sulfone groups is 1. The van der Waals surface area contributed by atoms with Crippen LogP contribution in [-0.4, -0.2) is 27.9 Å². The van der Waals surface area contributed by atoms with Crippen LogP contribution in [0.4, 0.5) is 8.78 Å². The van der Waals surface area contributed by atoms with Crippen LogP contribution in [0.2, 0.25) is 0 Å². The Labute approximate surface area is 189 Å². The van der Waals surface area contributed by atoms with Gasteiger partial charge in [0.15, 0.2) is 9.84 Å². The lowest BCUT2D eigenvalue weighted by Gasteiger charge is -2.26. The summed E-state index contributed by atoms with van der Waals surface area (Å²) in [4.78, 5) is 0.216. The molecular weight excluding hydrogens is 517 g/mol. The molecular formula is C20H24BrF2O6PS. The lowest BCUT2D eigenvalue weighted by atomic mass is 10.1. The molecule has 2 rings (SSSR count). The molecule has 0 spiro atoms. The van der Waals surface area contributed by atoms with Crippen molar-refractivity contribution in [1.82, 2.24) is 0 Å². The van der Waals surface area contributed by atoms with E-state index in [1.165, 1.54) is 38.1 Å². The first-order valence-electron chi connectivity index (χ1n) is 9.37. The quantitative estimate of drug-likeness (QED) is 0.331. The van der Waals surface area contributed by atoms with E-state index in [0.717, 1.165) is 17.9 Å². The highest BCUT2D eigenvalue weighted by Gasteiger charge is 2.55. The highest BCUT2D eigenvalue weighted by atomic mass is 79.9. The first-order valence-corrected chi connectivity index (χ1v) is 13.6. The fraction of sp³-hybridized carbons (Fsp3) is 0.400. The Balaban J connectivity index is 2.09. The Morgan fingerprint density at radius 2 is 1.48 bits per heavy atom. The fourth-order valence-corrected chi connectivity index (χ4v) is 5.73. The Morgan fingerprint density at radius 3 is 1.97 bits per heavy atom. The van der Waals surface area contributed by atoms with E-state index in [9.17, 15) is 21.8 Å². The predicted molar refractivity (Wildman–Crippen MR) is 117 cm³/mol. The molecule has 0 N–H and O–H groups in total. The standard InChI is InChI=1S/C20H24BrF2O6PS/c1-4-28-30(24,29-5-2)20(22,23)18-11-8-16(12-19(18)21)14-27-13-15-6-9-17(10-7-15)31(3,25)26/h6-12H,4-5,13-14H2,1-3H3. The summed E-state index contributed by atoms with van der Waals surface area (Å²) in [5.74, 6) is 0. The van der Waals surface area contributed by atoms with Crippen LogP contribution in [-0.2, 0) is 47.1 Å². The van der Waals surface area contributed by atoms with Crippen molar-refractivity contribution in [2.45, 2.75) is 37.6 Å². The Morgan fingerprint density at radius 1 is 0.968 bits per heavy atom. The molecule has 11 heteroatoms. The van der Waals surface area contributed by atoms with Gasteiger partial charge in [0.1, 0.15) is 0 Å².